The van der Waals surface area contributed by atoms with Crippen LogP contribution in [0.4, 0.5) is 0 Å². The molecule has 2 aliphatic heterocycles. The zero-order valence-electron chi connectivity index (χ0n) is 10.3. The van der Waals surface area contributed by atoms with Crippen LogP contribution in [0, 0.1) is 5.92 Å². The summed E-state index contributed by atoms with van der Waals surface area (Å²) in [6, 6.07) is 0.700. The first kappa shape index (κ1) is 12.8. The molecule has 0 radical (unpaired) electrons. The summed E-state index contributed by atoms with van der Waals surface area (Å²) in [5.74, 6) is 0.171. The number of carbonyl (C=O) groups is 1. The Bertz CT molecular complexity index is 272. The molecule has 0 aromatic carbocycles. The number of rotatable bonds is 6. The third-order valence-corrected chi connectivity index (χ3v) is 3.87. The fourth-order valence-electron chi connectivity index (χ4n) is 2.89. The van der Waals surface area contributed by atoms with Crippen molar-refractivity contribution in [1.82, 2.24) is 10.6 Å². The number of hydrogen-bond donors (Lipinski definition) is 3. The average Bonchev–Trinajstić information content (AvgIpc) is 2.96. The second kappa shape index (κ2) is 5.80. The number of methoxy groups -OCH3 is 1. The highest BCUT2D eigenvalue weighted by molar-refractivity contribution is 5.80. The van der Waals surface area contributed by atoms with Crippen LogP contribution in [0.1, 0.15) is 25.7 Å². The third-order valence-electron chi connectivity index (χ3n) is 3.87. The fraction of sp³-hybridized carbons (Fsp3) is 0.917. The molecule has 2 bridgehead atoms. The van der Waals surface area contributed by atoms with E-state index >= 15 is 0 Å². The Hall–Kier alpha value is -0.650. The normalized spacial score (nSPS) is 32.7. The molecule has 3 N–H and O–H groups in total. The van der Waals surface area contributed by atoms with Crippen LogP contribution in [-0.2, 0) is 9.53 Å². The Morgan fingerprint density at radius 1 is 1.59 bits per heavy atom. The molecule has 4 atom stereocenters. The van der Waals surface area contributed by atoms with E-state index in [1.54, 1.807) is 7.11 Å². The Morgan fingerprint density at radius 3 is 2.94 bits per heavy atom. The van der Waals surface area contributed by atoms with E-state index in [0.717, 1.165) is 12.8 Å². The molecule has 0 saturated carbocycles. The lowest BCUT2D eigenvalue weighted by atomic mass is 9.88. The molecule has 5 nitrogen and oxygen atoms in total. The van der Waals surface area contributed by atoms with Crippen LogP contribution in [0.5, 0.6) is 0 Å². The van der Waals surface area contributed by atoms with Gasteiger partial charge in [-0.15, -0.1) is 0 Å². The van der Waals surface area contributed by atoms with Crippen molar-refractivity contribution in [2.45, 2.75) is 43.8 Å². The molecule has 2 saturated heterocycles. The van der Waals surface area contributed by atoms with E-state index in [0.29, 0.717) is 25.1 Å². The summed E-state index contributed by atoms with van der Waals surface area (Å²) in [7, 11) is 1.62. The summed E-state index contributed by atoms with van der Waals surface area (Å²) in [6.45, 7) is 0.532. The number of amides is 1. The van der Waals surface area contributed by atoms with Gasteiger partial charge in [-0.25, -0.2) is 0 Å². The molecule has 0 aliphatic carbocycles. The summed E-state index contributed by atoms with van der Waals surface area (Å²) >= 11 is 0. The van der Waals surface area contributed by atoms with E-state index in [1.807, 2.05) is 0 Å². The van der Waals surface area contributed by atoms with E-state index in [9.17, 15) is 9.90 Å². The van der Waals surface area contributed by atoms with Crippen molar-refractivity contribution in [1.29, 1.82) is 0 Å². The summed E-state index contributed by atoms with van der Waals surface area (Å²) in [5, 5.41) is 15.6. The summed E-state index contributed by atoms with van der Waals surface area (Å²) < 4.78 is 4.96. The first-order chi connectivity index (χ1) is 8.24. The molecule has 5 heteroatoms. The van der Waals surface area contributed by atoms with Crippen LogP contribution in [0.3, 0.4) is 0 Å². The maximum atomic E-state index is 12.1. The van der Waals surface area contributed by atoms with E-state index < -0.39 is 0 Å². The van der Waals surface area contributed by atoms with E-state index in [4.69, 9.17) is 4.74 Å². The largest absolute Gasteiger partial charge is 0.394 e. The molecule has 2 heterocycles. The number of nitrogens with one attached hydrogen (secondary N) is 2. The Balaban J connectivity index is 1.79. The van der Waals surface area contributed by atoms with Crippen molar-refractivity contribution >= 4 is 5.91 Å². The van der Waals surface area contributed by atoms with Gasteiger partial charge in [0, 0.05) is 25.8 Å². The zero-order valence-corrected chi connectivity index (χ0v) is 10.3. The molecule has 2 rings (SSSR count). The zero-order chi connectivity index (χ0) is 12.3. The van der Waals surface area contributed by atoms with Gasteiger partial charge in [-0.2, -0.15) is 0 Å². The van der Waals surface area contributed by atoms with Crippen molar-refractivity contribution in [3.63, 3.8) is 0 Å². The predicted molar refractivity (Wildman–Crippen MR) is 63.6 cm³/mol. The van der Waals surface area contributed by atoms with Gasteiger partial charge in [-0.3, -0.25) is 4.79 Å². The lowest BCUT2D eigenvalue weighted by molar-refractivity contribution is -0.126. The van der Waals surface area contributed by atoms with Crippen molar-refractivity contribution in [3.8, 4) is 0 Å². The molecule has 2 fully saturated rings. The summed E-state index contributed by atoms with van der Waals surface area (Å²) in [5.41, 5.74) is 0. The fourth-order valence-corrected chi connectivity index (χ4v) is 2.89. The van der Waals surface area contributed by atoms with Gasteiger partial charge in [0.15, 0.2) is 0 Å². The van der Waals surface area contributed by atoms with Crippen LogP contribution in [0.25, 0.3) is 0 Å². The molecule has 4 unspecified atom stereocenters. The minimum Gasteiger partial charge on any atom is -0.394 e. The van der Waals surface area contributed by atoms with Crippen LogP contribution in [0.15, 0.2) is 0 Å². The van der Waals surface area contributed by atoms with Crippen LogP contribution in [-0.4, -0.2) is 49.5 Å². The molecule has 1 amide bonds. The third kappa shape index (κ3) is 2.97. The average molecular weight is 242 g/mol. The van der Waals surface area contributed by atoms with Crippen LogP contribution >= 0.6 is 0 Å². The molecule has 2 aliphatic rings. The molecule has 0 aromatic rings. The van der Waals surface area contributed by atoms with E-state index in [2.05, 4.69) is 10.6 Å². The van der Waals surface area contributed by atoms with Gasteiger partial charge in [0.25, 0.3) is 0 Å². The first-order valence-electron chi connectivity index (χ1n) is 6.40. The predicted octanol–water partition coefficient (Wildman–Crippen LogP) is -0.359. The standard InChI is InChI=1S/C12H22N2O3/c1-17-5-4-9(7-15)14-12(16)10-6-8-2-3-11(10)13-8/h8-11,13,15H,2-7H2,1H3,(H,14,16). The number of ether oxygens (including phenoxy) is 1. The van der Waals surface area contributed by atoms with Gasteiger partial charge < -0.3 is 20.5 Å². The lowest BCUT2D eigenvalue weighted by Crippen LogP contribution is -2.44. The van der Waals surface area contributed by atoms with Crippen molar-refractivity contribution in [2.75, 3.05) is 20.3 Å². The van der Waals surface area contributed by atoms with E-state index in [1.165, 1.54) is 6.42 Å². The van der Waals surface area contributed by atoms with Crippen molar-refractivity contribution in [3.05, 3.63) is 0 Å². The highest BCUT2D eigenvalue weighted by atomic mass is 16.5. The molecular formula is C12H22N2O3. The first-order valence-corrected chi connectivity index (χ1v) is 6.40. The van der Waals surface area contributed by atoms with Gasteiger partial charge in [-0.1, -0.05) is 0 Å². The highest BCUT2D eigenvalue weighted by Gasteiger charge is 2.42. The quantitative estimate of drug-likeness (QED) is 0.595. The lowest BCUT2D eigenvalue weighted by Gasteiger charge is -2.23. The number of aliphatic hydroxyl groups is 1. The molecular weight excluding hydrogens is 220 g/mol. The number of carbonyl (C=O) groups excluding carboxylic acids is 1. The van der Waals surface area contributed by atoms with Gasteiger partial charge in [0.1, 0.15) is 0 Å². The molecule has 0 spiro atoms. The minimum atomic E-state index is -0.179. The monoisotopic (exact) mass is 242 g/mol. The van der Waals surface area contributed by atoms with E-state index in [-0.39, 0.29) is 24.5 Å². The summed E-state index contributed by atoms with van der Waals surface area (Å²) in [4.78, 5) is 12.1. The van der Waals surface area contributed by atoms with Crippen LogP contribution in [0.2, 0.25) is 0 Å². The van der Waals surface area contributed by atoms with Gasteiger partial charge in [-0.05, 0) is 25.7 Å². The smallest absolute Gasteiger partial charge is 0.225 e. The second-order valence-electron chi connectivity index (χ2n) is 5.06. The minimum absolute atomic E-state index is 0.0245. The number of fused-ring (bicyclic) bond motifs is 2. The molecule has 98 valence electrons. The van der Waals surface area contributed by atoms with Crippen molar-refractivity contribution in [2.24, 2.45) is 5.92 Å². The Morgan fingerprint density at radius 2 is 2.41 bits per heavy atom. The van der Waals surface area contributed by atoms with Crippen LogP contribution < -0.4 is 10.6 Å². The Kier molecular flexibility index (Phi) is 4.36. The topological polar surface area (TPSA) is 70.6 Å². The Labute approximate surface area is 102 Å². The second-order valence-corrected chi connectivity index (χ2v) is 5.06. The molecule has 0 aromatic heterocycles. The maximum absolute atomic E-state index is 12.1. The molecule has 17 heavy (non-hydrogen) atoms. The highest BCUT2D eigenvalue weighted by Crippen LogP contribution is 2.33. The maximum Gasteiger partial charge on any atom is 0.225 e. The van der Waals surface area contributed by atoms with Crippen molar-refractivity contribution < 1.29 is 14.6 Å². The number of aliphatic hydroxyl groups excluding tert-OH is 1. The SMILES string of the molecule is COCCC(CO)NC(=O)C1CC2CCC1N2. The van der Waals surface area contributed by atoms with Gasteiger partial charge in [0.2, 0.25) is 5.91 Å². The van der Waals surface area contributed by atoms with Gasteiger partial charge >= 0.3 is 0 Å². The van der Waals surface area contributed by atoms with Gasteiger partial charge in [0.05, 0.1) is 18.6 Å². The summed E-state index contributed by atoms with van der Waals surface area (Å²) in [6.07, 6.45) is 3.90. The number of hydrogen-bond acceptors (Lipinski definition) is 4.